The monoisotopic (exact) mass is 460 g/mol. The predicted molar refractivity (Wildman–Crippen MR) is 107 cm³/mol. The Morgan fingerprint density at radius 2 is 1.31 bits per heavy atom. The summed E-state index contributed by atoms with van der Waals surface area (Å²) in [5, 5.41) is -2.06. The number of hydrogen-bond donors (Lipinski definition) is 0. The van der Waals surface area contributed by atoms with E-state index in [4.69, 9.17) is 9.47 Å². The van der Waals surface area contributed by atoms with Crippen LogP contribution in [0.3, 0.4) is 0 Å². The maximum absolute atomic E-state index is 12.1. The first-order valence-electron chi connectivity index (χ1n) is 10.5. The van der Waals surface area contributed by atoms with Gasteiger partial charge in [-0.05, 0) is 24.7 Å². The molecule has 166 valence electrons. The Balaban J connectivity index is 0. The van der Waals surface area contributed by atoms with Crippen LogP contribution in [0.5, 0.6) is 0 Å². The van der Waals surface area contributed by atoms with Crippen LogP contribution in [0.1, 0.15) is 85.5 Å². The van der Waals surface area contributed by atoms with Crippen molar-refractivity contribution < 1.29 is 83.4 Å². The maximum atomic E-state index is 12.1. The SMILES string of the molecule is CCCCC(CC)COC(=O)CC(C(=O)OCC(CC)CCCC)S(=O)(=O)[O-].[K+]. The van der Waals surface area contributed by atoms with Gasteiger partial charge in [-0.15, -0.1) is 0 Å². The van der Waals surface area contributed by atoms with E-state index in [0.717, 1.165) is 51.4 Å². The van der Waals surface area contributed by atoms with E-state index in [1.165, 1.54) is 0 Å². The average Bonchev–Trinajstić information content (AvgIpc) is 2.65. The summed E-state index contributed by atoms with van der Waals surface area (Å²) in [6.45, 7) is 8.26. The van der Waals surface area contributed by atoms with E-state index in [2.05, 4.69) is 13.8 Å². The first kappa shape index (κ1) is 31.7. The molecule has 0 N–H and O–H groups in total. The summed E-state index contributed by atoms with van der Waals surface area (Å²) >= 11 is 0. The summed E-state index contributed by atoms with van der Waals surface area (Å²) < 4.78 is 44.6. The van der Waals surface area contributed by atoms with E-state index in [1.54, 1.807) is 0 Å². The van der Waals surface area contributed by atoms with Crippen molar-refractivity contribution in [3.8, 4) is 0 Å². The van der Waals surface area contributed by atoms with Gasteiger partial charge in [-0.1, -0.05) is 66.2 Å². The van der Waals surface area contributed by atoms with E-state index < -0.39 is 33.7 Å². The van der Waals surface area contributed by atoms with Crippen molar-refractivity contribution in [3.63, 3.8) is 0 Å². The van der Waals surface area contributed by atoms with Crippen LogP contribution >= 0.6 is 0 Å². The van der Waals surface area contributed by atoms with Crippen molar-refractivity contribution in [2.45, 2.75) is 90.7 Å². The van der Waals surface area contributed by atoms with Gasteiger partial charge >= 0.3 is 63.3 Å². The fourth-order valence-corrected chi connectivity index (χ4v) is 3.46. The number of unbranched alkanes of at least 4 members (excludes halogenated alkanes) is 2. The van der Waals surface area contributed by atoms with E-state index in [0.29, 0.717) is 0 Å². The Labute approximate surface area is 219 Å². The van der Waals surface area contributed by atoms with Gasteiger partial charge < -0.3 is 14.0 Å². The molecule has 0 radical (unpaired) electrons. The Bertz CT molecular complexity index is 551. The van der Waals surface area contributed by atoms with Crippen molar-refractivity contribution >= 4 is 22.1 Å². The molecule has 3 unspecified atom stereocenters. The Hall–Kier alpha value is 0.486. The number of rotatable bonds is 16. The minimum Gasteiger partial charge on any atom is -0.747 e. The van der Waals surface area contributed by atoms with Gasteiger partial charge in [0.1, 0.15) is 10.1 Å². The van der Waals surface area contributed by atoms with Gasteiger partial charge in [-0.2, -0.15) is 0 Å². The fourth-order valence-electron chi connectivity index (χ4n) is 2.81. The number of carbonyl (C=O) groups excluding carboxylic acids is 2. The van der Waals surface area contributed by atoms with Crippen LogP contribution in [0.25, 0.3) is 0 Å². The molecule has 0 spiro atoms. The molecule has 0 bridgehead atoms. The summed E-state index contributed by atoms with van der Waals surface area (Å²) in [5.74, 6) is -1.74. The smallest absolute Gasteiger partial charge is 0.747 e. The van der Waals surface area contributed by atoms with E-state index in [-0.39, 0.29) is 76.4 Å². The van der Waals surface area contributed by atoms with Crippen molar-refractivity contribution in [1.82, 2.24) is 0 Å². The number of carbonyl (C=O) groups is 2. The molecule has 0 saturated carbocycles. The molecule has 0 aliphatic carbocycles. The largest absolute Gasteiger partial charge is 1.00 e. The molecule has 9 heteroatoms. The third-order valence-corrected chi connectivity index (χ3v) is 6.05. The summed E-state index contributed by atoms with van der Waals surface area (Å²) in [5.41, 5.74) is 0. The van der Waals surface area contributed by atoms with Crippen molar-refractivity contribution in [2.75, 3.05) is 13.2 Å². The Morgan fingerprint density at radius 3 is 1.69 bits per heavy atom. The molecule has 29 heavy (non-hydrogen) atoms. The van der Waals surface area contributed by atoms with E-state index in [1.807, 2.05) is 13.8 Å². The van der Waals surface area contributed by atoms with Gasteiger partial charge in [0, 0.05) is 0 Å². The van der Waals surface area contributed by atoms with Crippen LogP contribution in [0.15, 0.2) is 0 Å². The molecule has 0 heterocycles. The summed E-state index contributed by atoms with van der Waals surface area (Å²) in [6, 6.07) is 0. The molecule has 0 aliphatic rings. The zero-order chi connectivity index (χ0) is 21.6. The zero-order valence-corrected chi connectivity index (χ0v) is 22.7. The van der Waals surface area contributed by atoms with Crippen LogP contribution < -0.4 is 51.4 Å². The molecular formula is C20H37KO7S. The van der Waals surface area contributed by atoms with Gasteiger partial charge in [0.25, 0.3) is 0 Å². The summed E-state index contributed by atoms with van der Waals surface area (Å²) in [6.07, 6.45) is 6.58. The van der Waals surface area contributed by atoms with Crippen molar-refractivity contribution in [3.05, 3.63) is 0 Å². The Morgan fingerprint density at radius 1 is 0.862 bits per heavy atom. The molecule has 0 aromatic carbocycles. The minimum atomic E-state index is -5.01. The first-order valence-corrected chi connectivity index (χ1v) is 11.9. The van der Waals surface area contributed by atoms with Gasteiger partial charge in [0.15, 0.2) is 5.25 Å². The van der Waals surface area contributed by atoms with Crippen LogP contribution in [0.4, 0.5) is 0 Å². The normalized spacial score (nSPS) is 14.4. The maximum Gasteiger partial charge on any atom is 1.00 e. The van der Waals surface area contributed by atoms with Crippen LogP contribution in [-0.4, -0.2) is 43.4 Å². The number of hydrogen-bond acceptors (Lipinski definition) is 7. The van der Waals surface area contributed by atoms with Gasteiger partial charge in [-0.3, -0.25) is 9.59 Å². The molecule has 0 fully saturated rings. The molecule has 0 aliphatic heterocycles. The summed E-state index contributed by atoms with van der Waals surface area (Å²) in [7, 11) is -5.01. The third kappa shape index (κ3) is 15.0. The quantitative estimate of drug-likeness (QED) is 0.190. The van der Waals surface area contributed by atoms with Gasteiger partial charge in [-0.25, -0.2) is 8.42 Å². The molecule has 0 aromatic heterocycles. The molecule has 3 atom stereocenters. The van der Waals surface area contributed by atoms with Gasteiger partial charge in [0.05, 0.1) is 19.6 Å². The third-order valence-electron chi connectivity index (χ3n) is 4.99. The number of esters is 2. The molecule has 0 saturated heterocycles. The Kier molecular flexibility index (Phi) is 19.8. The molecule has 0 aromatic rings. The van der Waals surface area contributed by atoms with Crippen molar-refractivity contribution in [2.24, 2.45) is 11.8 Å². The average molecular weight is 461 g/mol. The molecule has 0 amide bonds. The number of ether oxygens (including phenoxy) is 2. The van der Waals surface area contributed by atoms with Crippen LogP contribution in [-0.2, 0) is 29.2 Å². The standard InChI is InChI=1S/C20H38O7S.K/c1-5-9-11-16(7-3)14-26-19(21)13-18(28(23,24)25)20(22)27-15-17(8-4)12-10-6-2;/h16-18H,5-15H2,1-4H3,(H,23,24,25);/q;+1/p-1. The predicted octanol–water partition coefficient (Wildman–Crippen LogP) is 0.814. The second-order valence-electron chi connectivity index (χ2n) is 7.33. The van der Waals surface area contributed by atoms with Crippen molar-refractivity contribution in [1.29, 1.82) is 0 Å². The topological polar surface area (TPSA) is 110 Å². The second-order valence-corrected chi connectivity index (χ2v) is 8.89. The molecule has 7 nitrogen and oxygen atoms in total. The van der Waals surface area contributed by atoms with Crippen LogP contribution in [0.2, 0.25) is 0 Å². The summed E-state index contributed by atoms with van der Waals surface area (Å²) in [4.78, 5) is 24.1. The fraction of sp³-hybridized carbons (Fsp3) is 0.900. The van der Waals surface area contributed by atoms with E-state index in [9.17, 15) is 22.6 Å². The van der Waals surface area contributed by atoms with Crippen LogP contribution in [0, 0.1) is 11.8 Å². The first-order chi connectivity index (χ1) is 13.2. The zero-order valence-electron chi connectivity index (χ0n) is 18.8. The molecule has 0 rings (SSSR count). The molecular weight excluding hydrogens is 423 g/mol. The minimum absolute atomic E-state index is 0. The van der Waals surface area contributed by atoms with E-state index >= 15 is 0 Å². The second kappa shape index (κ2) is 18.1. The van der Waals surface area contributed by atoms with Gasteiger partial charge in [0.2, 0.25) is 0 Å².